The van der Waals surface area contributed by atoms with Gasteiger partial charge in [-0.3, -0.25) is 0 Å². The second-order valence-electron chi connectivity index (χ2n) is 10.4. The smallest absolute Gasteiger partial charge is 0.145 e. The van der Waals surface area contributed by atoms with E-state index in [1.807, 2.05) is 24.3 Å². The summed E-state index contributed by atoms with van der Waals surface area (Å²) in [6, 6.07) is 25.0. The topological polar surface area (TPSA) is 32.3 Å². The van der Waals surface area contributed by atoms with E-state index in [1.165, 1.54) is 27.8 Å². The monoisotopic (exact) mass is 667 g/mol. The minimum atomic E-state index is 0. The Kier molecular flexibility index (Phi) is 8.16. The van der Waals surface area contributed by atoms with Crippen molar-refractivity contribution in [1.82, 2.24) is 9.97 Å². The first kappa shape index (κ1) is 27.0. The molecule has 4 aromatic rings. The van der Waals surface area contributed by atoms with Crippen LogP contribution in [-0.4, -0.2) is 9.97 Å². The van der Waals surface area contributed by atoms with E-state index in [1.54, 1.807) is 12.4 Å². The number of hydrogen-bond donors (Lipinski definition) is 0. The van der Waals surface area contributed by atoms with Gasteiger partial charge in [-0.05, 0) is 52.1 Å². The van der Waals surface area contributed by atoms with Gasteiger partial charge in [0.15, 0.2) is 0 Å². The van der Waals surface area contributed by atoms with Crippen molar-refractivity contribution in [2.45, 2.75) is 59.3 Å². The molecule has 0 spiro atoms. The summed E-state index contributed by atoms with van der Waals surface area (Å²) < 4.78 is 0. The van der Waals surface area contributed by atoms with Gasteiger partial charge in [0.2, 0.25) is 0 Å². The average Bonchev–Trinajstić information content (AvgIpc) is 3.28. The van der Waals surface area contributed by atoms with Crippen LogP contribution < -0.4 is 9.80 Å². The molecule has 1 aromatic heterocycles. The molecule has 2 heterocycles. The molecule has 3 aromatic carbocycles. The molecule has 0 unspecified atom stereocenters. The van der Waals surface area contributed by atoms with E-state index in [-0.39, 0.29) is 20.1 Å². The normalized spacial score (nSPS) is 12.9. The number of nitrogens with zero attached hydrogens (tertiary/aromatic N) is 4. The predicted molar refractivity (Wildman–Crippen MR) is 150 cm³/mol. The minimum Gasteiger partial charge on any atom is -0.477 e. The van der Waals surface area contributed by atoms with Gasteiger partial charge in [-0.25, -0.2) is 9.97 Å². The van der Waals surface area contributed by atoms with E-state index in [2.05, 4.69) is 110 Å². The molecular formula is C32H34IrN4-2. The standard InChI is InChI=1S/C32H34N4.Ir/c1-21(2)25-18-28(22(3)4)30(29(19-25)23(5)6)24-11-10-14-27(17-24)36-20-35(26-12-8-7-9-13-26)31-32(36)34-16-15-33-31;/h7-13,15-23H,1-6H3;/q-2;. The van der Waals surface area contributed by atoms with Crippen LogP contribution in [0.5, 0.6) is 0 Å². The zero-order valence-electron chi connectivity index (χ0n) is 22.4. The van der Waals surface area contributed by atoms with Crippen LogP contribution in [0.2, 0.25) is 0 Å². The van der Waals surface area contributed by atoms with Crippen LogP contribution in [0.25, 0.3) is 11.1 Å². The maximum absolute atomic E-state index is 4.69. The van der Waals surface area contributed by atoms with E-state index in [0.29, 0.717) is 17.8 Å². The average molecular weight is 667 g/mol. The Balaban J connectivity index is 0.00000320. The van der Waals surface area contributed by atoms with Crippen molar-refractivity contribution in [2.75, 3.05) is 9.80 Å². The SMILES string of the molecule is CC(C)c1cc(C(C)C)c(-c2cc[c-]c(N3[CH-]N(c4ccccc4)c4nccnc43)c2)c(C(C)C)c1.[Ir]. The molecule has 5 heteroatoms. The summed E-state index contributed by atoms with van der Waals surface area (Å²) in [5, 5.41) is 0. The molecule has 0 N–H and O–H groups in total. The summed E-state index contributed by atoms with van der Waals surface area (Å²) in [5.74, 6) is 2.95. The second kappa shape index (κ2) is 11.2. The molecule has 0 amide bonds. The molecule has 1 aliphatic heterocycles. The number of para-hydroxylation sites is 1. The molecule has 0 aliphatic carbocycles. The van der Waals surface area contributed by atoms with Gasteiger partial charge >= 0.3 is 0 Å². The summed E-state index contributed by atoms with van der Waals surface area (Å²) in [4.78, 5) is 13.5. The zero-order valence-corrected chi connectivity index (χ0v) is 24.8. The van der Waals surface area contributed by atoms with Crippen LogP contribution in [0.4, 0.5) is 23.0 Å². The summed E-state index contributed by atoms with van der Waals surface area (Å²) in [7, 11) is 0. The second-order valence-corrected chi connectivity index (χ2v) is 10.4. The van der Waals surface area contributed by atoms with Crippen LogP contribution in [0.1, 0.15) is 76.0 Å². The third-order valence-electron chi connectivity index (χ3n) is 6.85. The van der Waals surface area contributed by atoms with E-state index in [9.17, 15) is 0 Å². The maximum Gasteiger partial charge on any atom is 0.145 e. The molecule has 193 valence electrons. The number of fused-ring (bicyclic) bond motifs is 1. The molecule has 0 bridgehead atoms. The van der Waals surface area contributed by atoms with E-state index >= 15 is 0 Å². The molecule has 4 nitrogen and oxygen atoms in total. The van der Waals surface area contributed by atoms with Crippen molar-refractivity contribution < 1.29 is 20.1 Å². The van der Waals surface area contributed by atoms with Crippen molar-refractivity contribution in [3.05, 3.63) is 102 Å². The third kappa shape index (κ3) is 5.21. The molecule has 0 saturated heterocycles. The van der Waals surface area contributed by atoms with Crippen LogP contribution in [0.15, 0.2) is 73.1 Å². The van der Waals surface area contributed by atoms with Gasteiger partial charge in [-0.2, -0.15) is 18.2 Å². The Morgan fingerprint density at radius 1 is 0.730 bits per heavy atom. The van der Waals surface area contributed by atoms with Crippen molar-refractivity contribution in [2.24, 2.45) is 0 Å². The van der Waals surface area contributed by atoms with E-state index < -0.39 is 0 Å². The van der Waals surface area contributed by atoms with Gasteiger partial charge in [0.05, 0.1) is 0 Å². The fourth-order valence-electron chi connectivity index (χ4n) is 4.88. The predicted octanol–water partition coefficient (Wildman–Crippen LogP) is 8.72. The molecule has 5 rings (SSSR count). The molecular weight excluding hydrogens is 633 g/mol. The Hall–Kier alpha value is -3.01. The Labute approximate surface area is 235 Å². The van der Waals surface area contributed by atoms with Gasteiger partial charge in [0.25, 0.3) is 0 Å². The zero-order chi connectivity index (χ0) is 25.4. The minimum absolute atomic E-state index is 0. The van der Waals surface area contributed by atoms with Gasteiger partial charge in [-0.15, -0.1) is 24.0 Å². The van der Waals surface area contributed by atoms with Gasteiger partial charge in [0.1, 0.15) is 11.6 Å². The van der Waals surface area contributed by atoms with E-state index in [4.69, 9.17) is 0 Å². The number of aromatic nitrogens is 2. The van der Waals surface area contributed by atoms with Gasteiger partial charge in [0, 0.05) is 38.2 Å². The van der Waals surface area contributed by atoms with Crippen LogP contribution in [0, 0.1) is 12.7 Å². The number of rotatable bonds is 6. The third-order valence-corrected chi connectivity index (χ3v) is 6.85. The summed E-state index contributed by atoms with van der Waals surface area (Å²) >= 11 is 0. The number of anilines is 4. The van der Waals surface area contributed by atoms with Gasteiger partial charge in [-0.1, -0.05) is 71.9 Å². The van der Waals surface area contributed by atoms with Crippen molar-refractivity contribution in [3.8, 4) is 11.1 Å². The quantitative estimate of drug-likeness (QED) is 0.193. The summed E-state index contributed by atoms with van der Waals surface area (Å²) in [5.41, 5.74) is 8.76. The van der Waals surface area contributed by atoms with Gasteiger partial charge < -0.3 is 9.80 Å². The molecule has 0 fully saturated rings. The number of hydrogen-bond acceptors (Lipinski definition) is 4. The first-order chi connectivity index (χ1) is 17.3. The molecule has 0 atom stereocenters. The van der Waals surface area contributed by atoms with Crippen LogP contribution >= 0.6 is 0 Å². The van der Waals surface area contributed by atoms with Crippen molar-refractivity contribution in [1.29, 1.82) is 0 Å². The Bertz CT molecular complexity index is 1340. The first-order valence-corrected chi connectivity index (χ1v) is 12.8. The Morgan fingerprint density at radius 3 is 1.89 bits per heavy atom. The molecule has 1 aliphatic rings. The van der Waals surface area contributed by atoms with E-state index in [0.717, 1.165) is 23.0 Å². The molecule has 0 saturated carbocycles. The number of benzene rings is 3. The summed E-state index contributed by atoms with van der Waals surface area (Å²) in [6.45, 7) is 15.8. The van der Waals surface area contributed by atoms with Crippen LogP contribution in [0.3, 0.4) is 0 Å². The Morgan fingerprint density at radius 2 is 1.32 bits per heavy atom. The van der Waals surface area contributed by atoms with Crippen molar-refractivity contribution in [3.63, 3.8) is 0 Å². The van der Waals surface area contributed by atoms with Crippen molar-refractivity contribution >= 4 is 23.0 Å². The fourth-order valence-corrected chi connectivity index (χ4v) is 4.88. The largest absolute Gasteiger partial charge is 0.477 e. The molecule has 37 heavy (non-hydrogen) atoms. The first-order valence-electron chi connectivity index (χ1n) is 12.8. The summed E-state index contributed by atoms with van der Waals surface area (Å²) in [6.07, 6.45) is 3.49. The van der Waals surface area contributed by atoms with Crippen LogP contribution in [-0.2, 0) is 20.1 Å². The fraction of sp³-hybridized carbons (Fsp3) is 0.281. The maximum atomic E-state index is 4.69. The molecule has 1 radical (unpaired) electrons.